The van der Waals surface area contributed by atoms with Crippen LogP contribution in [0, 0.1) is 12.3 Å². The maximum absolute atomic E-state index is 12.7. The van der Waals surface area contributed by atoms with Crippen LogP contribution in [0.25, 0.3) is 0 Å². The molecule has 2 N–H and O–H groups in total. The Morgan fingerprint density at radius 3 is 2.43 bits per heavy atom. The maximum atomic E-state index is 12.7. The molecule has 1 aromatic rings. The van der Waals surface area contributed by atoms with E-state index in [0.717, 1.165) is 12.8 Å². The van der Waals surface area contributed by atoms with E-state index < -0.39 is 10.0 Å². The molecule has 0 atom stereocenters. The highest BCUT2D eigenvalue weighted by Gasteiger charge is 2.41. The van der Waals surface area contributed by atoms with Crippen LogP contribution < -0.4 is 0 Å². The largest absolute Gasteiger partial charge is 0.392 e. The van der Waals surface area contributed by atoms with Crippen molar-refractivity contribution in [2.75, 3.05) is 13.1 Å². The lowest BCUT2D eigenvalue weighted by Crippen LogP contribution is -2.42. The van der Waals surface area contributed by atoms with E-state index in [1.807, 2.05) is 0 Å². The molecule has 0 bridgehead atoms. The highest BCUT2D eigenvalue weighted by atomic mass is 32.2. The van der Waals surface area contributed by atoms with Crippen LogP contribution in [0.2, 0.25) is 0 Å². The molecule has 6 nitrogen and oxygen atoms in total. The highest BCUT2D eigenvalue weighted by Crippen LogP contribution is 2.46. The molecule has 0 unspecified atom stereocenters. The normalized spacial score (nSPS) is 23.0. The molecule has 2 fully saturated rings. The summed E-state index contributed by atoms with van der Waals surface area (Å²) in [4.78, 5) is 0. The van der Waals surface area contributed by atoms with Crippen molar-refractivity contribution in [2.45, 2.75) is 57.1 Å². The number of piperidine rings is 1. The smallest absolute Gasteiger partial charge is 0.262 e. The maximum Gasteiger partial charge on any atom is 0.262 e. The topological polar surface area (TPSA) is 86.3 Å². The summed E-state index contributed by atoms with van der Waals surface area (Å²) >= 11 is 0. The third kappa shape index (κ3) is 2.51. The van der Waals surface area contributed by atoms with Crippen molar-refractivity contribution >= 4 is 10.0 Å². The Morgan fingerprint density at radius 1 is 1.24 bits per heavy atom. The molecule has 0 radical (unpaired) electrons. The van der Waals surface area contributed by atoms with E-state index in [2.05, 4.69) is 10.2 Å². The molecular formula is C14H23N3O3S. The van der Waals surface area contributed by atoms with Gasteiger partial charge >= 0.3 is 0 Å². The van der Waals surface area contributed by atoms with Crippen molar-refractivity contribution < 1.29 is 13.5 Å². The minimum Gasteiger partial charge on any atom is -0.392 e. The molecule has 1 spiro atoms. The van der Waals surface area contributed by atoms with Crippen LogP contribution in [0.5, 0.6) is 0 Å². The number of nitrogens with zero attached hydrogens (tertiary/aromatic N) is 2. The quantitative estimate of drug-likeness (QED) is 0.886. The van der Waals surface area contributed by atoms with E-state index in [9.17, 15) is 13.5 Å². The Bertz CT molecular complexity index is 607. The van der Waals surface area contributed by atoms with Crippen molar-refractivity contribution in [3.05, 3.63) is 11.3 Å². The zero-order valence-electron chi connectivity index (χ0n) is 12.4. The van der Waals surface area contributed by atoms with Gasteiger partial charge in [-0.1, -0.05) is 12.8 Å². The van der Waals surface area contributed by atoms with Crippen LogP contribution in [0.1, 0.15) is 49.8 Å². The Hall–Kier alpha value is -0.920. The van der Waals surface area contributed by atoms with Gasteiger partial charge in [0.1, 0.15) is 0 Å². The van der Waals surface area contributed by atoms with E-state index in [1.54, 1.807) is 6.92 Å². The van der Waals surface area contributed by atoms with Crippen LogP contribution in [0.15, 0.2) is 5.03 Å². The van der Waals surface area contributed by atoms with Crippen molar-refractivity contribution in [1.82, 2.24) is 14.5 Å². The van der Waals surface area contributed by atoms with E-state index in [0.29, 0.717) is 29.8 Å². The molecule has 2 aliphatic rings. The summed E-state index contributed by atoms with van der Waals surface area (Å²) in [6, 6.07) is 0. The summed E-state index contributed by atoms with van der Waals surface area (Å²) in [7, 11) is -3.60. The number of hydrogen-bond acceptors (Lipinski definition) is 4. The number of aliphatic hydroxyl groups excluding tert-OH is 1. The summed E-state index contributed by atoms with van der Waals surface area (Å²) in [5.41, 5.74) is 1.38. The lowest BCUT2D eigenvalue weighted by molar-refractivity contribution is 0.160. The zero-order valence-corrected chi connectivity index (χ0v) is 13.2. The first-order chi connectivity index (χ1) is 9.98. The third-order valence-corrected chi connectivity index (χ3v) is 7.10. The summed E-state index contributed by atoms with van der Waals surface area (Å²) in [6.07, 6.45) is 6.93. The van der Waals surface area contributed by atoms with Crippen molar-refractivity contribution in [3.8, 4) is 0 Å². The van der Waals surface area contributed by atoms with Gasteiger partial charge in [0.15, 0.2) is 5.03 Å². The lowest BCUT2D eigenvalue weighted by atomic mass is 9.78. The third-order valence-electron chi connectivity index (χ3n) is 5.23. The van der Waals surface area contributed by atoms with Gasteiger partial charge in [-0.2, -0.15) is 9.40 Å². The minimum atomic E-state index is -3.60. The number of aromatic nitrogens is 2. The van der Waals surface area contributed by atoms with Crippen molar-refractivity contribution in [3.63, 3.8) is 0 Å². The van der Waals surface area contributed by atoms with Gasteiger partial charge < -0.3 is 5.11 Å². The molecule has 0 aromatic carbocycles. The fourth-order valence-corrected chi connectivity index (χ4v) is 5.38. The summed E-state index contributed by atoms with van der Waals surface area (Å²) in [6.45, 7) is 2.55. The van der Waals surface area contributed by atoms with Crippen LogP contribution in [0.3, 0.4) is 0 Å². The van der Waals surface area contributed by atoms with Crippen LogP contribution in [-0.4, -0.2) is 41.1 Å². The number of rotatable bonds is 3. The molecule has 7 heteroatoms. The second-order valence-corrected chi connectivity index (χ2v) is 8.25. The average molecular weight is 313 g/mol. The number of H-pyrrole nitrogens is 1. The minimum absolute atomic E-state index is 0.00938. The van der Waals surface area contributed by atoms with Gasteiger partial charge in [-0.05, 0) is 38.0 Å². The van der Waals surface area contributed by atoms with Gasteiger partial charge in [0.2, 0.25) is 0 Å². The Labute approximate surface area is 125 Å². The zero-order chi connectivity index (χ0) is 15.1. The molecule has 1 saturated carbocycles. The number of nitrogens with one attached hydrogen (secondary N) is 1. The lowest BCUT2D eigenvalue weighted by Gasteiger charge is -2.38. The molecule has 2 heterocycles. The molecule has 0 amide bonds. The first kappa shape index (κ1) is 15.0. The van der Waals surface area contributed by atoms with Gasteiger partial charge in [0.25, 0.3) is 10.0 Å². The average Bonchev–Trinajstić information content (AvgIpc) is 3.06. The molecule has 1 aliphatic carbocycles. The molecule has 118 valence electrons. The predicted octanol–water partition coefficient (Wildman–Crippen LogP) is 1.56. The standard InChI is InChI=1S/C14H23N3O3S/c1-11-12(10-18)13(16-15-11)21(19,20)17-8-6-14(7-9-17)4-2-3-5-14/h18H,2-10H2,1H3,(H,15,16). The van der Waals surface area contributed by atoms with Crippen molar-refractivity contribution in [2.24, 2.45) is 5.41 Å². The first-order valence-electron chi connectivity index (χ1n) is 7.63. The van der Waals surface area contributed by atoms with E-state index in [-0.39, 0.29) is 11.6 Å². The van der Waals surface area contributed by atoms with Gasteiger partial charge in [-0.15, -0.1) is 0 Å². The van der Waals surface area contributed by atoms with E-state index in [4.69, 9.17) is 0 Å². The fraction of sp³-hybridized carbons (Fsp3) is 0.786. The number of hydrogen-bond donors (Lipinski definition) is 2. The fourth-order valence-electron chi connectivity index (χ4n) is 3.78. The van der Waals surface area contributed by atoms with E-state index >= 15 is 0 Å². The van der Waals surface area contributed by atoms with Gasteiger partial charge in [0.05, 0.1) is 6.61 Å². The molecular weight excluding hydrogens is 290 g/mol. The first-order valence-corrected chi connectivity index (χ1v) is 9.07. The molecule has 1 aromatic heterocycles. The summed E-state index contributed by atoms with van der Waals surface area (Å²) in [5, 5.41) is 15.9. The molecule has 3 rings (SSSR count). The second-order valence-electron chi connectivity index (χ2n) is 6.40. The number of aromatic amines is 1. The van der Waals surface area contributed by atoms with Crippen molar-refractivity contribution in [1.29, 1.82) is 0 Å². The molecule has 1 saturated heterocycles. The predicted molar refractivity (Wildman–Crippen MR) is 78.1 cm³/mol. The molecule has 21 heavy (non-hydrogen) atoms. The number of aryl methyl sites for hydroxylation is 1. The van der Waals surface area contributed by atoms with Crippen LogP contribution >= 0.6 is 0 Å². The Morgan fingerprint density at radius 2 is 1.86 bits per heavy atom. The van der Waals surface area contributed by atoms with Gasteiger partial charge in [0, 0.05) is 24.3 Å². The Balaban J connectivity index is 1.80. The summed E-state index contributed by atoms with van der Waals surface area (Å²) < 4.78 is 27.0. The molecule has 1 aliphatic heterocycles. The highest BCUT2D eigenvalue weighted by molar-refractivity contribution is 7.89. The SMILES string of the molecule is Cc1[nH]nc(S(=O)(=O)N2CCC3(CCCC3)CC2)c1CO. The van der Waals surface area contributed by atoms with Gasteiger partial charge in [-0.25, -0.2) is 8.42 Å². The van der Waals surface area contributed by atoms with Crippen LogP contribution in [0.4, 0.5) is 0 Å². The second kappa shape index (κ2) is 5.37. The Kier molecular flexibility index (Phi) is 3.83. The number of aliphatic hydroxyl groups is 1. The number of sulfonamides is 1. The van der Waals surface area contributed by atoms with Gasteiger partial charge in [-0.3, -0.25) is 5.10 Å². The van der Waals surface area contributed by atoms with Crippen LogP contribution in [-0.2, 0) is 16.6 Å². The van der Waals surface area contributed by atoms with E-state index in [1.165, 1.54) is 30.0 Å². The summed E-state index contributed by atoms with van der Waals surface area (Å²) in [5.74, 6) is 0. The monoisotopic (exact) mass is 313 g/mol.